The summed E-state index contributed by atoms with van der Waals surface area (Å²) in [6.07, 6.45) is 2.95. The second-order valence-corrected chi connectivity index (χ2v) is 5.04. The standard InChI is InChI=1S/C13H16N2O2S/c1-15(2)12(11-4-6-18-9-11)7-14-13(16)10-3-5-17-8-10/h3-6,8-9,12H,7H2,1-2H3,(H,14,16)/t12-/m0/s1. The molecule has 1 amide bonds. The molecule has 4 nitrogen and oxygen atoms in total. The Kier molecular flexibility index (Phi) is 4.17. The second-order valence-electron chi connectivity index (χ2n) is 4.26. The molecule has 2 heterocycles. The van der Waals surface area contributed by atoms with Crippen LogP contribution < -0.4 is 5.32 Å². The Morgan fingerprint density at radius 2 is 2.33 bits per heavy atom. The molecule has 2 aromatic heterocycles. The molecule has 0 bridgehead atoms. The van der Waals surface area contributed by atoms with E-state index in [0.29, 0.717) is 12.1 Å². The fourth-order valence-corrected chi connectivity index (χ4v) is 2.46. The lowest BCUT2D eigenvalue weighted by molar-refractivity contribution is 0.0941. The first-order valence-electron chi connectivity index (χ1n) is 5.67. The zero-order valence-electron chi connectivity index (χ0n) is 10.4. The zero-order valence-corrected chi connectivity index (χ0v) is 11.2. The van der Waals surface area contributed by atoms with Gasteiger partial charge in [-0.05, 0) is 42.6 Å². The van der Waals surface area contributed by atoms with E-state index in [2.05, 4.69) is 21.7 Å². The van der Waals surface area contributed by atoms with Crippen molar-refractivity contribution in [3.8, 4) is 0 Å². The average Bonchev–Trinajstić information content (AvgIpc) is 3.01. The minimum atomic E-state index is -0.106. The number of nitrogens with one attached hydrogen (secondary N) is 1. The van der Waals surface area contributed by atoms with E-state index in [1.54, 1.807) is 17.4 Å². The highest BCUT2D eigenvalue weighted by Gasteiger charge is 2.16. The van der Waals surface area contributed by atoms with Gasteiger partial charge < -0.3 is 14.6 Å². The molecule has 2 rings (SSSR count). The van der Waals surface area contributed by atoms with Crippen molar-refractivity contribution in [2.45, 2.75) is 6.04 Å². The summed E-state index contributed by atoms with van der Waals surface area (Å²) >= 11 is 1.66. The molecule has 5 heteroatoms. The molecular weight excluding hydrogens is 248 g/mol. The Morgan fingerprint density at radius 3 is 2.89 bits per heavy atom. The van der Waals surface area contributed by atoms with Crippen molar-refractivity contribution >= 4 is 17.2 Å². The maximum Gasteiger partial charge on any atom is 0.254 e. The maximum absolute atomic E-state index is 11.8. The largest absolute Gasteiger partial charge is 0.472 e. The van der Waals surface area contributed by atoms with Crippen LogP contribution in [0.25, 0.3) is 0 Å². The lowest BCUT2D eigenvalue weighted by Gasteiger charge is -2.23. The Bertz CT molecular complexity index is 477. The number of thiophene rings is 1. The summed E-state index contributed by atoms with van der Waals surface area (Å²) in [4.78, 5) is 13.9. The van der Waals surface area contributed by atoms with Crippen molar-refractivity contribution in [1.82, 2.24) is 10.2 Å². The predicted molar refractivity (Wildman–Crippen MR) is 71.8 cm³/mol. The number of furan rings is 1. The van der Waals surface area contributed by atoms with Crippen LogP contribution >= 0.6 is 11.3 Å². The van der Waals surface area contributed by atoms with Crippen LogP contribution in [0.15, 0.2) is 39.8 Å². The number of amides is 1. The van der Waals surface area contributed by atoms with Gasteiger partial charge in [-0.25, -0.2) is 0 Å². The number of likely N-dealkylation sites (N-methyl/N-ethyl adjacent to an activating group) is 1. The average molecular weight is 264 g/mol. The van der Waals surface area contributed by atoms with Crippen molar-refractivity contribution in [2.24, 2.45) is 0 Å². The summed E-state index contributed by atoms with van der Waals surface area (Å²) in [5, 5.41) is 7.07. The molecule has 0 spiro atoms. The van der Waals surface area contributed by atoms with Crippen molar-refractivity contribution in [1.29, 1.82) is 0 Å². The molecule has 0 fully saturated rings. The first-order chi connectivity index (χ1) is 8.68. The lowest BCUT2D eigenvalue weighted by atomic mass is 10.1. The van der Waals surface area contributed by atoms with Crippen molar-refractivity contribution in [2.75, 3.05) is 20.6 Å². The smallest absolute Gasteiger partial charge is 0.254 e. The van der Waals surface area contributed by atoms with Crippen LogP contribution in [0.1, 0.15) is 22.0 Å². The summed E-state index contributed by atoms with van der Waals surface area (Å²) in [6, 6.07) is 3.93. The summed E-state index contributed by atoms with van der Waals surface area (Å²) in [7, 11) is 4.01. The summed E-state index contributed by atoms with van der Waals surface area (Å²) in [5.41, 5.74) is 1.77. The van der Waals surface area contributed by atoms with E-state index in [1.165, 1.54) is 18.1 Å². The normalized spacial score (nSPS) is 12.6. The van der Waals surface area contributed by atoms with Crippen LogP contribution in [0, 0.1) is 0 Å². The van der Waals surface area contributed by atoms with E-state index in [-0.39, 0.29) is 11.9 Å². The van der Waals surface area contributed by atoms with Gasteiger partial charge >= 0.3 is 0 Å². The van der Waals surface area contributed by atoms with Crippen LogP contribution in [0.3, 0.4) is 0 Å². The molecule has 2 aromatic rings. The molecular formula is C13H16N2O2S. The molecule has 0 saturated heterocycles. The fraction of sp³-hybridized carbons (Fsp3) is 0.308. The van der Waals surface area contributed by atoms with E-state index in [1.807, 2.05) is 19.5 Å². The first-order valence-corrected chi connectivity index (χ1v) is 6.61. The van der Waals surface area contributed by atoms with Gasteiger partial charge in [-0.2, -0.15) is 11.3 Å². The topological polar surface area (TPSA) is 45.5 Å². The minimum Gasteiger partial charge on any atom is -0.472 e. The fourth-order valence-electron chi connectivity index (χ4n) is 1.75. The molecule has 18 heavy (non-hydrogen) atoms. The van der Waals surface area contributed by atoms with Crippen molar-refractivity contribution in [3.63, 3.8) is 0 Å². The van der Waals surface area contributed by atoms with Gasteiger partial charge in [0.15, 0.2) is 0 Å². The lowest BCUT2D eigenvalue weighted by Crippen LogP contribution is -2.34. The number of hydrogen-bond acceptors (Lipinski definition) is 4. The minimum absolute atomic E-state index is 0.106. The van der Waals surface area contributed by atoms with E-state index >= 15 is 0 Å². The molecule has 0 aliphatic carbocycles. The van der Waals surface area contributed by atoms with E-state index in [4.69, 9.17) is 4.42 Å². The third kappa shape index (κ3) is 3.00. The summed E-state index contributed by atoms with van der Waals surface area (Å²) < 4.78 is 4.89. The van der Waals surface area contributed by atoms with Gasteiger partial charge in [-0.15, -0.1) is 0 Å². The maximum atomic E-state index is 11.8. The monoisotopic (exact) mass is 264 g/mol. The van der Waals surface area contributed by atoms with E-state index in [9.17, 15) is 4.79 Å². The second kappa shape index (κ2) is 5.84. The van der Waals surface area contributed by atoms with Crippen molar-refractivity contribution in [3.05, 3.63) is 46.5 Å². The Morgan fingerprint density at radius 1 is 1.50 bits per heavy atom. The van der Waals surface area contributed by atoms with Gasteiger partial charge in [0, 0.05) is 6.54 Å². The molecule has 0 saturated carbocycles. The highest BCUT2D eigenvalue weighted by atomic mass is 32.1. The van der Waals surface area contributed by atoms with Gasteiger partial charge in [0.05, 0.1) is 17.9 Å². The predicted octanol–water partition coefficient (Wildman–Crippen LogP) is 2.37. The molecule has 0 aliphatic rings. The highest BCUT2D eigenvalue weighted by molar-refractivity contribution is 7.07. The van der Waals surface area contributed by atoms with Crippen LogP contribution in [-0.2, 0) is 0 Å². The van der Waals surface area contributed by atoms with Crippen LogP contribution in [-0.4, -0.2) is 31.4 Å². The third-order valence-corrected chi connectivity index (χ3v) is 3.49. The zero-order chi connectivity index (χ0) is 13.0. The van der Waals surface area contributed by atoms with Crippen LogP contribution in [0.2, 0.25) is 0 Å². The van der Waals surface area contributed by atoms with Crippen LogP contribution in [0.4, 0.5) is 0 Å². The van der Waals surface area contributed by atoms with Gasteiger partial charge in [-0.1, -0.05) is 0 Å². The van der Waals surface area contributed by atoms with Crippen LogP contribution in [0.5, 0.6) is 0 Å². The van der Waals surface area contributed by atoms with Gasteiger partial charge in [0.1, 0.15) is 6.26 Å². The summed E-state index contributed by atoms with van der Waals surface area (Å²) in [5.74, 6) is -0.106. The van der Waals surface area contributed by atoms with Gasteiger partial charge in [0.2, 0.25) is 0 Å². The molecule has 0 aromatic carbocycles. The quantitative estimate of drug-likeness (QED) is 0.901. The molecule has 0 aliphatic heterocycles. The third-order valence-electron chi connectivity index (χ3n) is 2.79. The van der Waals surface area contributed by atoms with Gasteiger partial charge in [0.25, 0.3) is 5.91 Å². The van der Waals surface area contributed by atoms with E-state index < -0.39 is 0 Å². The van der Waals surface area contributed by atoms with E-state index in [0.717, 1.165) is 0 Å². The SMILES string of the molecule is CN(C)[C@@H](CNC(=O)c1ccoc1)c1ccsc1. The van der Waals surface area contributed by atoms with Crippen molar-refractivity contribution < 1.29 is 9.21 Å². The number of carbonyl (C=O) groups excluding carboxylic acids is 1. The molecule has 1 atom stereocenters. The van der Waals surface area contributed by atoms with Gasteiger partial charge in [-0.3, -0.25) is 4.79 Å². The number of hydrogen-bond donors (Lipinski definition) is 1. The molecule has 1 N–H and O–H groups in total. The Labute approximate surface area is 110 Å². The molecule has 0 radical (unpaired) electrons. The number of rotatable bonds is 5. The summed E-state index contributed by atoms with van der Waals surface area (Å²) in [6.45, 7) is 0.577. The molecule has 96 valence electrons. The Balaban J connectivity index is 1.97. The Hall–Kier alpha value is -1.59. The number of nitrogens with zero attached hydrogens (tertiary/aromatic N) is 1. The first kappa shape index (κ1) is 12.9. The number of carbonyl (C=O) groups is 1. The highest BCUT2D eigenvalue weighted by Crippen LogP contribution is 2.20. The molecule has 0 unspecified atom stereocenters.